The molecule has 0 bridgehead atoms. The minimum atomic E-state index is 0.931. The van der Waals surface area contributed by atoms with Crippen LogP contribution in [0.15, 0.2) is 48.6 Å². The summed E-state index contributed by atoms with van der Waals surface area (Å²) in [6.45, 7) is 6.37. The Morgan fingerprint density at radius 2 is 2.05 bits per heavy atom. The van der Waals surface area contributed by atoms with Gasteiger partial charge in [0.2, 0.25) is 0 Å². The normalized spacial score (nSPS) is 19.3. The van der Waals surface area contributed by atoms with E-state index in [0.717, 1.165) is 5.92 Å². The van der Waals surface area contributed by atoms with Gasteiger partial charge in [-0.15, -0.1) is 0 Å². The lowest BCUT2D eigenvalue weighted by atomic mass is 9.86. The fourth-order valence-corrected chi connectivity index (χ4v) is 3.23. The highest BCUT2D eigenvalue weighted by Gasteiger charge is 2.20. The van der Waals surface area contributed by atoms with Gasteiger partial charge in [-0.25, -0.2) is 0 Å². The molecule has 2 aliphatic rings. The number of allylic oxidation sites excluding steroid dienone is 5. The van der Waals surface area contributed by atoms with E-state index in [0.29, 0.717) is 0 Å². The van der Waals surface area contributed by atoms with E-state index in [-0.39, 0.29) is 0 Å². The Kier molecular flexibility index (Phi) is 4.43. The van der Waals surface area contributed by atoms with Gasteiger partial charge in [-0.05, 0) is 80.1 Å². The van der Waals surface area contributed by atoms with E-state index in [4.69, 9.17) is 0 Å². The number of benzene rings is 1. The van der Waals surface area contributed by atoms with Gasteiger partial charge in [-0.1, -0.05) is 48.6 Å². The first-order valence-corrected chi connectivity index (χ1v) is 8.40. The van der Waals surface area contributed by atoms with E-state index in [1.807, 2.05) is 0 Å². The molecule has 0 saturated heterocycles. The molecular weight excluding hydrogens is 252 g/mol. The molecule has 3 rings (SSSR count). The zero-order chi connectivity index (χ0) is 14.7. The van der Waals surface area contributed by atoms with Crippen molar-refractivity contribution in [3.05, 3.63) is 59.7 Å². The van der Waals surface area contributed by atoms with Crippen LogP contribution >= 0.6 is 0 Å². The number of hydrogen-bond donors (Lipinski definition) is 0. The van der Waals surface area contributed by atoms with Crippen LogP contribution in [-0.2, 0) is 0 Å². The molecule has 0 aliphatic heterocycles. The van der Waals surface area contributed by atoms with Crippen LogP contribution in [0.25, 0.3) is 11.1 Å². The largest absolute Gasteiger partial charge is 0.0955 e. The second-order valence-corrected chi connectivity index (χ2v) is 6.60. The zero-order valence-corrected chi connectivity index (χ0v) is 13.2. The molecular formula is C21H26. The standard InChI is InChI=1S/C21H26/c1-16(2)19(15-14-17-12-13-17)21-11-7-6-10-20(21)18-8-4-3-5-9-18/h6-8,10-11,15,17H,1,3-5,9,12-14H2,2H3/b19-15+. The summed E-state index contributed by atoms with van der Waals surface area (Å²) in [5.41, 5.74) is 6.92. The smallest absolute Gasteiger partial charge is 0.0110 e. The summed E-state index contributed by atoms with van der Waals surface area (Å²) in [6, 6.07) is 8.90. The molecule has 0 unspecified atom stereocenters. The van der Waals surface area contributed by atoms with E-state index in [9.17, 15) is 0 Å². The third kappa shape index (κ3) is 3.56. The van der Waals surface area contributed by atoms with Crippen molar-refractivity contribution in [2.75, 3.05) is 0 Å². The van der Waals surface area contributed by atoms with Crippen LogP contribution in [0.2, 0.25) is 0 Å². The van der Waals surface area contributed by atoms with E-state index >= 15 is 0 Å². The Bertz CT molecular complexity index is 582. The monoisotopic (exact) mass is 278 g/mol. The van der Waals surface area contributed by atoms with Gasteiger partial charge in [0.25, 0.3) is 0 Å². The van der Waals surface area contributed by atoms with Crippen molar-refractivity contribution >= 4 is 11.1 Å². The predicted molar refractivity (Wildman–Crippen MR) is 93.0 cm³/mol. The van der Waals surface area contributed by atoms with Crippen molar-refractivity contribution in [2.45, 2.75) is 51.9 Å². The topological polar surface area (TPSA) is 0 Å². The predicted octanol–water partition coefficient (Wildman–Crippen LogP) is 6.40. The van der Waals surface area contributed by atoms with Crippen LogP contribution in [0.3, 0.4) is 0 Å². The van der Waals surface area contributed by atoms with E-state index in [2.05, 4.69) is 49.9 Å². The van der Waals surface area contributed by atoms with Crippen molar-refractivity contribution in [3.63, 3.8) is 0 Å². The molecule has 0 radical (unpaired) electrons. The number of hydrogen-bond acceptors (Lipinski definition) is 0. The second-order valence-electron chi connectivity index (χ2n) is 6.60. The molecule has 1 aromatic rings. The Hall–Kier alpha value is -1.56. The van der Waals surface area contributed by atoms with E-state index in [1.165, 1.54) is 72.8 Å². The van der Waals surface area contributed by atoms with Crippen LogP contribution in [0.1, 0.15) is 63.0 Å². The average Bonchev–Trinajstić information content (AvgIpc) is 3.33. The summed E-state index contributed by atoms with van der Waals surface area (Å²) in [5.74, 6) is 0.931. The van der Waals surface area contributed by atoms with Gasteiger partial charge < -0.3 is 0 Å². The first-order valence-electron chi connectivity index (χ1n) is 8.40. The van der Waals surface area contributed by atoms with Gasteiger partial charge in [-0.3, -0.25) is 0 Å². The summed E-state index contributed by atoms with van der Waals surface area (Å²) in [6.07, 6.45) is 14.0. The highest BCUT2D eigenvalue weighted by atomic mass is 14.3. The molecule has 110 valence electrons. The number of rotatable bonds is 5. The van der Waals surface area contributed by atoms with Crippen molar-refractivity contribution < 1.29 is 0 Å². The van der Waals surface area contributed by atoms with Gasteiger partial charge in [-0.2, -0.15) is 0 Å². The molecule has 0 heteroatoms. The van der Waals surface area contributed by atoms with Crippen LogP contribution in [-0.4, -0.2) is 0 Å². The van der Waals surface area contributed by atoms with Crippen LogP contribution in [0.5, 0.6) is 0 Å². The third-order valence-corrected chi connectivity index (χ3v) is 4.67. The lowest BCUT2D eigenvalue weighted by molar-refractivity contribution is 0.742. The minimum Gasteiger partial charge on any atom is -0.0955 e. The first kappa shape index (κ1) is 14.4. The summed E-state index contributed by atoms with van der Waals surface area (Å²) in [5, 5.41) is 0. The Morgan fingerprint density at radius 1 is 1.24 bits per heavy atom. The zero-order valence-electron chi connectivity index (χ0n) is 13.2. The van der Waals surface area contributed by atoms with Crippen molar-refractivity contribution in [1.82, 2.24) is 0 Å². The van der Waals surface area contributed by atoms with E-state index in [1.54, 1.807) is 0 Å². The van der Waals surface area contributed by atoms with Gasteiger partial charge in [0.15, 0.2) is 0 Å². The fraction of sp³-hybridized carbons (Fsp3) is 0.429. The highest BCUT2D eigenvalue weighted by Crippen LogP contribution is 2.37. The lowest BCUT2D eigenvalue weighted by Gasteiger charge is -2.18. The van der Waals surface area contributed by atoms with Crippen LogP contribution < -0.4 is 0 Å². The quantitative estimate of drug-likeness (QED) is 0.546. The molecule has 2 aliphatic carbocycles. The maximum Gasteiger partial charge on any atom is -0.0110 e. The second kappa shape index (κ2) is 6.47. The van der Waals surface area contributed by atoms with Gasteiger partial charge >= 0.3 is 0 Å². The highest BCUT2D eigenvalue weighted by molar-refractivity contribution is 5.86. The van der Waals surface area contributed by atoms with Gasteiger partial charge in [0.1, 0.15) is 0 Å². The lowest BCUT2D eigenvalue weighted by Crippen LogP contribution is -1.98. The summed E-state index contributed by atoms with van der Waals surface area (Å²) >= 11 is 0. The summed E-state index contributed by atoms with van der Waals surface area (Å²) in [7, 11) is 0. The van der Waals surface area contributed by atoms with Gasteiger partial charge in [0, 0.05) is 0 Å². The molecule has 0 N–H and O–H groups in total. The summed E-state index contributed by atoms with van der Waals surface area (Å²) < 4.78 is 0. The molecule has 1 saturated carbocycles. The molecule has 0 heterocycles. The molecule has 21 heavy (non-hydrogen) atoms. The molecule has 0 aromatic heterocycles. The molecule has 1 fully saturated rings. The first-order chi connectivity index (χ1) is 10.3. The Balaban J connectivity index is 1.96. The molecule has 0 amide bonds. The average molecular weight is 278 g/mol. The Morgan fingerprint density at radius 3 is 2.71 bits per heavy atom. The maximum absolute atomic E-state index is 4.23. The molecule has 0 nitrogen and oxygen atoms in total. The Labute approximate surface area is 129 Å². The van der Waals surface area contributed by atoms with Crippen molar-refractivity contribution in [3.8, 4) is 0 Å². The van der Waals surface area contributed by atoms with Gasteiger partial charge in [0.05, 0.1) is 0 Å². The summed E-state index contributed by atoms with van der Waals surface area (Å²) in [4.78, 5) is 0. The minimum absolute atomic E-state index is 0.931. The van der Waals surface area contributed by atoms with Crippen LogP contribution in [0, 0.1) is 5.92 Å². The molecule has 0 atom stereocenters. The van der Waals surface area contributed by atoms with Crippen molar-refractivity contribution in [1.29, 1.82) is 0 Å². The van der Waals surface area contributed by atoms with E-state index < -0.39 is 0 Å². The fourth-order valence-electron chi connectivity index (χ4n) is 3.23. The molecule has 0 spiro atoms. The molecule has 1 aromatic carbocycles. The maximum atomic E-state index is 4.23. The third-order valence-electron chi connectivity index (χ3n) is 4.67. The van der Waals surface area contributed by atoms with Crippen LogP contribution in [0.4, 0.5) is 0 Å². The SMILES string of the molecule is C=C(C)/C(=C\CC1CC1)c1ccccc1C1=CCCCC1. The van der Waals surface area contributed by atoms with Crippen molar-refractivity contribution in [2.24, 2.45) is 5.92 Å².